The van der Waals surface area contributed by atoms with Gasteiger partial charge in [0.1, 0.15) is 6.54 Å². The number of carbonyl (C=O) groups is 1. The van der Waals surface area contributed by atoms with Crippen LogP contribution in [-0.4, -0.2) is 46.4 Å². The summed E-state index contributed by atoms with van der Waals surface area (Å²) in [7, 11) is 0.387. The molecule has 0 spiro atoms. The van der Waals surface area contributed by atoms with Crippen LogP contribution < -0.4 is 4.72 Å². The number of ether oxygens (including phenoxy) is 1. The maximum Gasteiger partial charge on any atom is 0.320 e. The maximum atomic E-state index is 11.0. The SMILES string of the molecule is COC(=O)CNS(=O)(=O)N(C)C. The van der Waals surface area contributed by atoms with Crippen molar-refractivity contribution in [1.82, 2.24) is 9.03 Å². The second-order valence-corrected chi connectivity index (χ2v) is 4.15. The fraction of sp³-hybridized carbons (Fsp3) is 0.800. The zero-order chi connectivity index (χ0) is 9.78. The molecule has 0 saturated carbocycles. The fourth-order valence-electron chi connectivity index (χ4n) is 0.351. The lowest BCUT2D eigenvalue weighted by atomic mass is 10.7. The molecule has 0 rings (SSSR count). The molecule has 0 aliphatic carbocycles. The zero-order valence-electron chi connectivity index (χ0n) is 7.20. The molecule has 0 amide bonds. The van der Waals surface area contributed by atoms with E-state index in [9.17, 15) is 13.2 Å². The van der Waals surface area contributed by atoms with E-state index in [0.717, 1.165) is 4.31 Å². The van der Waals surface area contributed by atoms with Gasteiger partial charge in [-0.1, -0.05) is 0 Å². The Morgan fingerprint density at radius 3 is 2.33 bits per heavy atom. The second-order valence-electron chi connectivity index (χ2n) is 2.18. The lowest BCUT2D eigenvalue weighted by molar-refractivity contribution is -0.139. The van der Waals surface area contributed by atoms with Crippen LogP contribution in [0.25, 0.3) is 0 Å². The van der Waals surface area contributed by atoms with Crippen LogP contribution in [0.1, 0.15) is 0 Å². The second kappa shape index (κ2) is 4.39. The lowest BCUT2D eigenvalue weighted by Crippen LogP contribution is -2.38. The Morgan fingerprint density at radius 2 is 2.00 bits per heavy atom. The lowest BCUT2D eigenvalue weighted by Gasteiger charge is -2.10. The first-order chi connectivity index (χ1) is 5.40. The standard InChI is InChI=1S/C5H12N2O4S/c1-7(2)12(9,10)6-4-5(8)11-3/h6H,4H2,1-3H3. The van der Waals surface area contributed by atoms with Gasteiger partial charge in [-0.25, -0.2) is 0 Å². The van der Waals surface area contributed by atoms with Gasteiger partial charge in [0.15, 0.2) is 0 Å². The Hall–Kier alpha value is -0.660. The van der Waals surface area contributed by atoms with Gasteiger partial charge < -0.3 is 4.74 Å². The van der Waals surface area contributed by atoms with Crippen molar-refractivity contribution in [3.8, 4) is 0 Å². The van der Waals surface area contributed by atoms with Crippen LogP contribution in [-0.2, 0) is 19.7 Å². The summed E-state index contributed by atoms with van der Waals surface area (Å²) in [6.07, 6.45) is 0. The number of nitrogens with zero attached hydrogens (tertiary/aromatic N) is 1. The minimum Gasteiger partial charge on any atom is -0.468 e. The van der Waals surface area contributed by atoms with Crippen molar-refractivity contribution in [2.24, 2.45) is 0 Å². The molecule has 0 aromatic carbocycles. The van der Waals surface area contributed by atoms with Crippen molar-refractivity contribution in [2.75, 3.05) is 27.7 Å². The summed E-state index contributed by atoms with van der Waals surface area (Å²) in [5.41, 5.74) is 0. The molecule has 72 valence electrons. The van der Waals surface area contributed by atoms with Crippen LogP contribution in [0, 0.1) is 0 Å². The van der Waals surface area contributed by atoms with Gasteiger partial charge in [-0.3, -0.25) is 4.79 Å². The van der Waals surface area contributed by atoms with E-state index in [1.54, 1.807) is 0 Å². The molecular weight excluding hydrogens is 184 g/mol. The smallest absolute Gasteiger partial charge is 0.320 e. The first-order valence-electron chi connectivity index (χ1n) is 3.14. The molecule has 0 aliphatic rings. The van der Waals surface area contributed by atoms with E-state index in [1.165, 1.54) is 21.2 Å². The van der Waals surface area contributed by atoms with E-state index in [0.29, 0.717) is 0 Å². The first-order valence-corrected chi connectivity index (χ1v) is 4.58. The summed E-state index contributed by atoms with van der Waals surface area (Å²) in [5.74, 6) is -0.625. The highest BCUT2D eigenvalue weighted by Crippen LogP contribution is 1.86. The van der Waals surface area contributed by atoms with E-state index in [1.807, 2.05) is 4.72 Å². The van der Waals surface area contributed by atoms with E-state index in [2.05, 4.69) is 4.74 Å². The summed E-state index contributed by atoms with van der Waals surface area (Å²) in [6.45, 7) is -0.350. The van der Waals surface area contributed by atoms with E-state index in [-0.39, 0.29) is 6.54 Å². The van der Waals surface area contributed by atoms with Crippen molar-refractivity contribution in [3.63, 3.8) is 0 Å². The number of rotatable bonds is 4. The highest BCUT2D eigenvalue weighted by atomic mass is 32.2. The van der Waals surface area contributed by atoms with Gasteiger partial charge in [0.2, 0.25) is 0 Å². The molecule has 0 fully saturated rings. The predicted molar refractivity (Wildman–Crippen MR) is 42.6 cm³/mol. The minimum absolute atomic E-state index is 0.350. The Balaban J connectivity index is 4.02. The normalized spacial score (nSPS) is 11.7. The molecule has 0 aliphatic heterocycles. The van der Waals surface area contributed by atoms with Gasteiger partial charge >= 0.3 is 5.97 Å². The Labute approximate surface area is 71.7 Å². The third kappa shape index (κ3) is 3.65. The Kier molecular flexibility index (Phi) is 4.15. The van der Waals surface area contributed by atoms with Gasteiger partial charge in [0.05, 0.1) is 7.11 Å². The van der Waals surface area contributed by atoms with E-state index >= 15 is 0 Å². The molecule has 0 aromatic rings. The predicted octanol–water partition coefficient (Wildman–Crippen LogP) is -1.44. The average Bonchev–Trinajstić information content (AvgIpc) is 2.00. The topological polar surface area (TPSA) is 75.7 Å². The molecule has 6 nitrogen and oxygen atoms in total. The third-order valence-corrected chi connectivity index (χ3v) is 2.58. The fourth-order valence-corrected chi connectivity index (χ4v) is 0.910. The molecular formula is C5H12N2O4S. The minimum atomic E-state index is -3.52. The van der Waals surface area contributed by atoms with Crippen LogP contribution in [0.4, 0.5) is 0 Å². The van der Waals surface area contributed by atoms with Crippen molar-refractivity contribution in [3.05, 3.63) is 0 Å². The van der Waals surface area contributed by atoms with Crippen LogP contribution in [0.2, 0.25) is 0 Å². The van der Waals surface area contributed by atoms with Gasteiger partial charge in [-0.15, -0.1) is 0 Å². The summed E-state index contributed by atoms with van der Waals surface area (Å²) in [5, 5.41) is 0. The van der Waals surface area contributed by atoms with Crippen molar-refractivity contribution < 1.29 is 17.9 Å². The zero-order valence-corrected chi connectivity index (χ0v) is 8.01. The van der Waals surface area contributed by atoms with Crippen LogP contribution in [0.15, 0.2) is 0 Å². The quantitative estimate of drug-likeness (QED) is 0.558. The summed E-state index contributed by atoms with van der Waals surface area (Å²) in [4.78, 5) is 10.5. The molecule has 0 bridgehead atoms. The number of methoxy groups -OCH3 is 1. The number of esters is 1. The van der Waals surface area contributed by atoms with Crippen LogP contribution in [0.5, 0.6) is 0 Å². The Morgan fingerprint density at radius 1 is 1.50 bits per heavy atom. The van der Waals surface area contributed by atoms with Crippen molar-refractivity contribution in [2.45, 2.75) is 0 Å². The average molecular weight is 196 g/mol. The molecule has 0 heterocycles. The Bertz CT molecular complexity index is 246. The molecule has 0 aromatic heterocycles. The first kappa shape index (κ1) is 11.3. The summed E-state index contributed by atoms with van der Waals surface area (Å²) < 4.78 is 29.2. The van der Waals surface area contributed by atoms with E-state index in [4.69, 9.17) is 0 Å². The van der Waals surface area contributed by atoms with Gasteiger partial charge in [-0.2, -0.15) is 17.4 Å². The molecule has 0 unspecified atom stereocenters. The van der Waals surface area contributed by atoms with E-state index < -0.39 is 16.2 Å². The summed E-state index contributed by atoms with van der Waals surface area (Å²) in [6, 6.07) is 0. The molecule has 7 heteroatoms. The molecule has 0 radical (unpaired) electrons. The highest BCUT2D eigenvalue weighted by molar-refractivity contribution is 7.87. The molecule has 1 N–H and O–H groups in total. The number of hydrogen-bond donors (Lipinski definition) is 1. The largest absolute Gasteiger partial charge is 0.468 e. The van der Waals surface area contributed by atoms with Gasteiger partial charge in [0, 0.05) is 14.1 Å². The summed E-state index contributed by atoms with van der Waals surface area (Å²) >= 11 is 0. The monoisotopic (exact) mass is 196 g/mol. The van der Waals surface area contributed by atoms with Crippen molar-refractivity contribution >= 4 is 16.2 Å². The molecule has 0 saturated heterocycles. The maximum absolute atomic E-state index is 11.0. The molecule has 0 atom stereocenters. The third-order valence-electron chi connectivity index (χ3n) is 1.11. The number of nitrogens with one attached hydrogen (secondary N) is 1. The van der Waals surface area contributed by atoms with Crippen LogP contribution in [0.3, 0.4) is 0 Å². The van der Waals surface area contributed by atoms with Crippen molar-refractivity contribution in [1.29, 1.82) is 0 Å². The van der Waals surface area contributed by atoms with Gasteiger partial charge in [-0.05, 0) is 0 Å². The molecule has 12 heavy (non-hydrogen) atoms. The van der Waals surface area contributed by atoms with Gasteiger partial charge in [0.25, 0.3) is 10.2 Å². The number of carbonyl (C=O) groups excluding carboxylic acids is 1. The van der Waals surface area contributed by atoms with Crippen LogP contribution >= 0.6 is 0 Å². The highest BCUT2D eigenvalue weighted by Gasteiger charge is 2.13. The number of hydrogen-bond acceptors (Lipinski definition) is 4.